The van der Waals surface area contributed by atoms with Crippen molar-refractivity contribution >= 4 is 11.4 Å². The summed E-state index contributed by atoms with van der Waals surface area (Å²) in [4.78, 5) is 16.3. The van der Waals surface area contributed by atoms with Gasteiger partial charge in [-0.3, -0.25) is 4.79 Å². The molecule has 0 spiro atoms. The number of fused-ring (bicyclic) bond motifs is 1. The molecule has 1 aromatic carbocycles. The number of nitrogens with zero attached hydrogens (tertiary/aromatic N) is 2. The smallest absolute Gasteiger partial charge is 0.251 e. The first-order chi connectivity index (χ1) is 12.0. The largest absolute Gasteiger partial charge is 0.491 e. The van der Waals surface area contributed by atoms with Crippen molar-refractivity contribution in [3.05, 3.63) is 66.2 Å². The highest BCUT2D eigenvalue weighted by molar-refractivity contribution is 5.95. The molecule has 130 valence electrons. The van der Waals surface area contributed by atoms with Crippen molar-refractivity contribution in [3.8, 4) is 5.75 Å². The second-order valence-electron chi connectivity index (χ2n) is 6.10. The van der Waals surface area contributed by atoms with Gasteiger partial charge in [-0.15, -0.1) is 0 Å². The average molecular weight is 339 g/mol. The molecule has 6 nitrogen and oxygen atoms in total. The predicted octanol–water partition coefficient (Wildman–Crippen LogP) is 2.58. The minimum atomic E-state index is -0.782. The van der Waals surface area contributed by atoms with Crippen molar-refractivity contribution in [2.24, 2.45) is 0 Å². The molecule has 3 rings (SSSR count). The third kappa shape index (κ3) is 4.16. The van der Waals surface area contributed by atoms with Crippen molar-refractivity contribution in [1.29, 1.82) is 0 Å². The highest BCUT2D eigenvalue weighted by atomic mass is 16.5. The Morgan fingerprint density at radius 3 is 2.76 bits per heavy atom. The number of pyridine rings is 1. The van der Waals surface area contributed by atoms with E-state index in [4.69, 9.17) is 4.74 Å². The van der Waals surface area contributed by atoms with Crippen LogP contribution in [0.4, 0.5) is 0 Å². The lowest BCUT2D eigenvalue weighted by molar-refractivity contribution is 0.0916. The second kappa shape index (κ2) is 7.36. The van der Waals surface area contributed by atoms with Crippen LogP contribution in [0.3, 0.4) is 0 Å². The van der Waals surface area contributed by atoms with Crippen LogP contribution >= 0.6 is 0 Å². The predicted molar refractivity (Wildman–Crippen MR) is 94.7 cm³/mol. The summed E-state index contributed by atoms with van der Waals surface area (Å²) in [5.41, 5.74) is 2.09. The molecule has 3 aromatic rings. The first kappa shape index (κ1) is 17.0. The summed E-state index contributed by atoms with van der Waals surface area (Å²) in [6.07, 6.45) is 4.46. The summed E-state index contributed by atoms with van der Waals surface area (Å²) < 4.78 is 7.40. The van der Waals surface area contributed by atoms with Gasteiger partial charge >= 0.3 is 0 Å². The summed E-state index contributed by atoms with van der Waals surface area (Å²) in [6, 6.07) is 10.7. The van der Waals surface area contributed by atoms with E-state index in [1.54, 1.807) is 43.0 Å². The van der Waals surface area contributed by atoms with Gasteiger partial charge in [0.1, 0.15) is 5.75 Å². The van der Waals surface area contributed by atoms with Gasteiger partial charge in [0.15, 0.2) is 0 Å². The quantitative estimate of drug-likeness (QED) is 0.724. The Bertz CT molecular complexity index is 856. The van der Waals surface area contributed by atoms with Gasteiger partial charge in [-0.2, -0.15) is 0 Å². The van der Waals surface area contributed by atoms with E-state index in [0.29, 0.717) is 5.56 Å². The van der Waals surface area contributed by atoms with Crippen LogP contribution in [0.25, 0.3) is 5.52 Å². The van der Waals surface area contributed by atoms with Gasteiger partial charge in [0.25, 0.3) is 5.91 Å². The highest BCUT2D eigenvalue weighted by Gasteiger charge is 2.12. The topological polar surface area (TPSA) is 75.9 Å². The normalized spacial score (nSPS) is 12.3. The molecule has 6 heteroatoms. The number of aliphatic hydroxyl groups is 1. The van der Waals surface area contributed by atoms with E-state index in [0.717, 1.165) is 16.8 Å². The molecule has 0 aliphatic rings. The Labute approximate surface area is 146 Å². The molecule has 1 atom stereocenters. The molecule has 1 amide bonds. The van der Waals surface area contributed by atoms with Crippen molar-refractivity contribution in [3.63, 3.8) is 0 Å². The Morgan fingerprint density at radius 2 is 2.04 bits per heavy atom. The number of benzene rings is 1. The van der Waals surface area contributed by atoms with Crippen molar-refractivity contribution < 1.29 is 14.6 Å². The van der Waals surface area contributed by atoms with Crippen LogP contribution in [0.2, 0.25) is 0 Å². The van der Waals surface area contributed by atoms with E-state index in [2.05, 4.69) is 10.3 Å². The van der Waals surface area contributed by atoms with Crippen LogP contribution in [-0.2, 0) is 0 Å². The fraction of sp³-hybridized carbons (Fsp3) is 0.263. The first-order valence-electron chi connectivity index (χ1n) is 8.17. The van der Waals surface area contributed by atoms with Crippen molar-refractivity contribution in [2.45, 2.75) is 26.1 Å². The second-order valence-corrected chi connectivity index (χ2v) is 6.10. The Balaban J connectivity index is 1.59. The standard InChI is InChI=1S/C19H21N3O3/c1-13(2)25-17-5-3-14(4-6-17)18(23)11-21-19(24)15-7-8-22-12-20-10-16(22)9-15/h3-10,12-13,18,23H,11H2,1-2H3,(H,21,24). The van der Waals surface area contributed by atoms with Gasteiger partial charge in [-0.05, 0) is 43.7 Å². The molecule has 0 bridgehead atoms. The molecule has 0 aliphatic heterocycles. The van der Waals surface area contributed by atoms with E-state index in [1.807, 2.05) is 30.4 Å². The number of nitrogens with one attached hydrogen (secondary N) is 1. The molecule has 25 heavy (non-hydrogen) atoms. The lowest BCUT2D eigenvalue weighted by Crippen LogP contribution is -2.28. The number of aromatic nitrogens is 2. The maximum Gasteiger partial charge on any atom is 0.251 e. The number of aliphatic hydroxyl groups excluding tert-OH is 1. The molecular weight excluding hydrogens is 318 g/mol. The fourth-order valence-electron chi connectivity index (χ4n) is 2.51. The summed E-state index contributed by atoms with van der Waals surface area (Å²) in [5.74, 6) is 0.520. The monoisotopic (exact) mass is 339 g/mol. The van der Waals surface area contributed by atoms with E-state index in [9.17, 15) is 9.90 Å². The van der Waals surface area contributed by atoms with Crippen LogP contribution < -0.4 is 10.1 Å². The van der Waals surface area contributed by atoms with Gasteiger partial charge in [0.2, 0.25) is 0 Å². The number of carbonyl (C=O) groups excluding carboxylic acids is 1. The number of hydrogen-bond donors (Lipinski definition) is 2. The number of ether oxygens (including phenoxy) is 1. The molecule has 0 radical (unpaired) electrons. The average Bonchev–Trinajstić information content (AvgIpc) is 3.07. The summed E-state index contributed by atoms with van der Waals surface area (Å²) in [5, 5.41) is 13.0. The molecule has 0 saturated heterocycles. The number of imidazole rings is 1. The summed E-state index contributed by atoms with van der Waals surface area (Å²) >= 11 is 0. The molecule has 2 N–H and O–H groups in total. The molecule has 2 aromatic heterocycles. The molecule has 0 aliphatic carbocycles. The van der Waals surface area contributed by atoms with Crippen molar-refractivity contribution in [2.75, 3.05) is 6.54 Å². The Kier molecular flexibility index (Phi) is 5.00. The number of amides is 1. The molecule has 0 saturated carbocycles. The zero-order valence-corrected chi connectivity index (χ0v) is 14.2. The van der Waals surface area contributed by atoms with Crippen LogP contribution in [0, 0.1) is 0 Å². The minimum Gasteiger partial charge on any atom is -0.491 e. The SMILES string of the molecule is CC(C)Oc1ccc(C(O)CNC(=O)c2ccn3cncc3c2)cc1. The van der Waals surface area contributed by atoms with Gasteiger partial charge in [0, 0.05) is 18.3 Å². The van der Waals surface area contributed by atoms with E-state index >= 15 is 0 Å². The molecule has 0 fully saturated rings. The third-order valence-corrected chi connectivity index (χ3v) is 3.77. The van der Waals surface area contributed by atoms with Crippen LogP contribution in [0.15, 0.2) is 55.1 Å². The summed E-state index contributed by atoms with van der Waals surface area (Å²) in [6.45, 7) is 4.05. The molecule has 2 heterocycles. The van der Waals surface area contributed by atoms with Crippen LogP contribution in [0.1, 0.15) is 35.9 Å². The number of carbonyl (C=O) groups is 1. The summed E-state index contributed by atoms with van der Waals surface area (Å²) in [7, 11) is 0. The van der Waals surface area contributed by atoms with Gasteiger partial charge in [-0.1, -0.05) is 12.1 Å². The Morgan fingerprint density at radius 1 is 1.28 bits per heavy atom. The molecule has 1 unspecified atom stereocenters. The first-order valence-corrected chi connectivity index (χ1v) is 8.17. The van der Waals surface area contributed by atoms with E-state index in [1.165, 1.54) is 0 Å². The van der Waals surface area contributed by atoms with Gasteiger partial charge in [-0.25, -0.2) is 4.98 Å². The highest BCUT2D eigenvalue weighted by Crippen LogP contribution is 2.18. The Hall–Kier alpha value is -2.86. The molecular formula is C19H21N3O3. The van der Waals surface area contributed by atoms with Gasteiger partial charge < -0.3 is 19.6 Å². The lowest BCUT2D eigenvalue weighted by Gasteiger charge is -2.14. The van der Waals surface area contributed by atoms with Crippen molar-refractivity contribution in [1.82, 2.24) is 14.7 Å². The minimum absolute atomic E-state index is 0.100. The lowest BCUT2D eigenvalue weighted by atomic mass is 10.1. The maximum absolute atomic E-state index is 12.2. The van der Waals surface area contributed by atoms with E-state index < -0.39 is 6.10 Å². The number of hydrogen-bond acceptors (Lipinski definition) is 4. The number of rotatable bonds is 6. The maximum atomic E-state index is 12.2. The fourth-order valence-corrected chi connectivity index (χ4v) is 2.51. The van der Waals surface area contributed by atoms with Crippen LogP contribution in [-0.4, -0.2) is 33.0 Å². The third-order valence-electron chi connectivity index (χ3n) is 3.77. The zero-order chi connectivity index (χ0) is 17.8. The van der Waals surface area contributed by atoms with Crippen LogP contribution in [0.5, 0.6) is 5.75 Å². The zero-order valence-electron chi connectivity index (χ0n) is 14.2. The van der Waals surface area contributed by atoms with Gasteiger partial charge in [0.05, 0.1) is 30.2 Å². The van der Waals surface area contributed by atoms with E-state index in [-0.39, 0.29) is 18.6 Å².